The zero-order chi connectivity index (χ0) is 103. The van der Waals surface area contributed by atoms with Crippen molar-refractivity contribution >= 4 is 29.6 Å². The standard InChI is InChI=1S/C91H160N4O45/c1-7-9-11-13-15-17-19-21-23-25-27-29-31-33-49(105)48(95-58(108)34-32-30-28-26-24-22-20-18-16-14-12-10-8-2)42-125-85-73(120)70(117)77(55(40-100)132-85)135-88-74(121)82(66(113)52(37-97)128-88)139-84-61(94-47(6)104)80(137-86-71(118)68(115)62(109)44(3)127-86)78(56(41-101)131-84)136-89-75(122)81(65(112)53(38-98)129-89)138-83-60(93-46(5)103)67(114)76(54(39-99)130-83)134-87-72(119)69(116)64(111)57(133-87)43-126-91(90(123)124)35-50(106)59(92-45(4)102)79(140-91)63(110)51(107)36-96/h31,33,44,48-57,59-89,96-101,105-107,109-122H,7-30,32,34-43H2,1-6H3,(H,92,102)(H,93,103)(H,94,104)(H,95,108)(H,123,124)/b33-31+/t44?,48-,49+,50?,51+,52?,53?,54?,55?,56?,57?,59+,60?,61?,62+,63+,64-,65-,66-,67+,68?,69-,70+,71-,72?,73?,74?,75?,76+,77+,78+,79?,80+,81-,82-,83-,84-,85+,86+,87-,88-,89-,91+/m0/s1. The van der Waals surface area contributed by atoms with Crippen LogP contribution >= 0.6 is 0 Å². The number of unbranched alkanes of at least 4 members (excludes halogenated alkanes) is 23. The molecule has 8 heterocycles. The molecule has 49 nitrogen and oxygen atoms in total. The van der Waals surface area contributed by atoms with E-state index in [1.165, 1.54) is 90.4 Å². The van der Waals surface area contributed by atoms with Gasteiger partial charge in [0.1, 0.15) is 183 Å². The van der Waals surface area contributed by atoms with Gasteiger partial charge in [-0.1, -0.05) is 167 Å². The van der Waals surface area contributed by atoms with Gasteiger partial charge in [0.25, 0.3) is 5.79 Å². The highest BCUT2D eigenvalue weighted by atomic mass is 16.8. The van der Waals surface area contributed by atoms with Crippen molar-refractivity contribution in [1.29, 1.82) is 0 Å². The molecule has 0 aromatic heterocycles. The van der Waals surface area contributed by atoms with E-state index in [0.717, 1.165) is 85.0 Å². The van der Waals surface area contributed by atoms with E-state index in [4.69, 9.17) is 75.8 Å². The second kappa shape index (κ2) is 60.3. The maximum Gasteiger partial charge on any atom is 0.364 e. The topological polar surface area (TPSA) is 767 Å². The molecule has 8 saturated heterocycles. The quantitative estimate of drug-likeness (QED) is 0.0199. The third kappa shape index (κ3) is 33.5. The fourth-order valence-electron chi connectivity index (χ4n) is 18.6. The number of aliphatic carboxylic acids is 1. The van der Waals surface area contributed by atoms with Crippen LogP contribution in [0, 0.1) is 0 Å². The molecule has 4 amide bonds. The second-order valence-electron chi connectivity index (χ2n) is 37.7. The third-order valence-electron chi connectivity index (χ3n) is 26.8. The average molecular weight is 2030 g/mol. The van der Waals surface area contributed by atoms with Crippen molar-refractivity contribution < 1.29 is 222 Å². The van der Waals surface area contributed by atoms with Crippen LogP contribution in [0.2, 0.25) is 0 Å². The lowest BCUT2D eigenvalue weighted by Gasteiger charge is -2.52. The second-order valence-corrected chi connectivity index (χ2v) is 37.7. The molecule has 8 aliphatic rings. The Morgan fingerprint density at radius 3 is 1.26 bits per heavy atom. The Morgan fingerprint density at radius 2 is 0.779 bits per heavy atom. The molecule has 0 saturated carbocycles. The molecule has 49 heteroatoms. The maximum absolute atomic E-state index is 13.7. The number of amides is 4. The normalized spacial score (nSPS) is 39.2. The molecule has 0 aromatic carbocycles. The molecule has 814 valence electrons. The summed E-state index contributed by atoms with van der Waals surface area (Å²) < 4.78 is 96.3. The Bertz CT molecular complexity index is 3590. The smallest absolute Gasteiger partial charge is 0.364 e. The first-order chi connectivity index (χ1) is 66.8. The maximum atomic E-state index is 13.7. The summed E-state index contributed by atoms with van der Waals surface area (Å²) in [6, 6.07) is -6.81. The first-order valence-corrected chi connectivity index (χ1v) is 49.5. The molecule has 0 spiro atoms. The molecule has 28 N–H and O–H groups in total. The SMILES string of the molecule is CCCCCCCCCCCCC/C=C/[C@@H](O)[C@H](CO[C@@H]1OC(CO)[C@@H](O[C@@H]2OC(CO)[C@H](O)[C@H](O[C@@H]3OC(CO)[C@@H](O[C@@H]4OC(CO)[C@H](O)[C@H](O[C@@H]5OC(CO)[C@@H](O[C@@H]6OC(CO[C@]7(C(=O)O)CC(O)[C@@H](NC(C)=O)C([C@H](O)[C@H](O)CO)O7)[C@H](O)[C@H](O)C6O)[C@H](O)C5NC(C)=O)C4O)[C@H](O[C@H]4OC(C)[C@@H](O)C(O)[C@@H]4O)C3NC(C)=O)C2O)[C@H](O)C1O)NC(=O)CCCCCCCCCCCCCCC. The lowest BCUT2D eigenvalue weighted by Crippen LogP contribution is -2.72. The van der Waals surface area contributed by atoms with Crippen molar-refractivity contribution in [2.45, 2.75) is 478 Å². The Kier molecular flexibility index (Phi) is 52.0. The van der Waals surface area contributed by atoms with Crippen molar-refractivity contribution in [2.24, 2.45) is 0 Å². The Balaban J connectivity index is 0.985. The van der Waals surface area contributed by atoms with Gasteiger partial charge in [0.15, 0.2) is 44.0 Å². The molecule has 0 radical (unpaired) electrons. The van der Waals surface area contributed by atoms with E-state index in [-0.39, 0.29) is 12.3 Å². The number of ether oxygens (including phenoxy) is 16. The predicted molar refractivity (Wildman–Crippen MR) is 477 cm³/mol. The van der Waals surface area contributed by atoms with E-state index >= 15 is 0 Å². The number of carbonyl (C=O) groups is 5. The number of allylic oxidation sites excluding steroid dienone is 1. The van der Waals surface area contributed by atoms with Crippen LogP contribution < -0.4 is 21.3 Å². The Morgan fingerprint density at radius 1 is 0.393 bits per heavy atom. The highest BCUT2D eigenvalue weighted by Crippen LogP contribution is 2.42. The van der Waals surface area contributed by atoms with Gasteiger partial charge < -0.3 is 220 Å². The number of carboxylic acid groups (broad SMARTS) is 1. The molecule has 0 bridgehead atoms. The molecule has 0 aliphatic carbocycles. The molecular formula is C91H160N4O45. The number of carbonyl (C=O) groups excluding carboxylic acids is 4. The lowest BCUT2D eigenvalue weighted by molar-refractivity contribution is -0.397. The van der Waals surface area contributed by atoms with Crippen LogP contribution in [0.5, 0.6) is 0 Å². The number of aliphatic hydroxyl groups is 23. The number of hydrogen-bond acceptors (Lipinski definition) is 44. The van der Waals surface area contributed by atoms with Gasteiger partial charge in [-0.2, -0.15) is 0 Å². The molecule has 0 aromatic rings. The molecule has 43 atom stereocenters. The van der Waals surface area contributed by atoms with E-state index in [2.05, 4.69) is 35.1 Å². The summed E-state index contributed by atoms with van der Waals surface area (Å²) in [5, 5.41) is 281. The number of hydrogen-bond donors (Lipinski definition) is 28. The average Bonchev–Trinajstić information content (AvgIpc) is 0.760. The fraction of sp³-hybridized carbons (Fsp3) is 0.923. The monoisotopic (exact) mass is 2030 g/mol. The van der Waals surface area contributed by atoms with Crippen molar-refractivity contribution in [3.8, 4) is 0 Å². The summed E-state index contributed by atoms with van der Waals surface area (Å²) >= 11 is 0. The highest BCUT2D eigenvalue weighted by molar-refractivity contribution is 5.77. The van der Waals surface area contributed by atoms with Gasteiger partial charge in [0.2, 0.25) is 23.6 Å². The number of nitrogens with one attached hydrogen (secondary N) is 4. The van der Waals surface area contributed by atoms with Gasteiger partial charge >= 0.3 is 5.97 Å². The van der Waals surface area contributed by atoms with Crippen LogP contribution in [0.25, 0.3) is 0 Å². The minimum Gasteiger partial charge on any atom is -0.477 e. The van der Waals surface area contributed by atoms with Crippen LogP contribution in [-0.2, 0) is 99.8 Å². The van der Waals surface area contributed by atoms with Crippen molar-refractivity contribution in [3.63, 3.8) is 0 Å². The van der Waals surface area contributed by atoms with E-state index in [1.54, 1.807) is 6.08 Å². The van der Waals surface area contributed by atoms with Gasteiger partial charge in [-0.15, -0.1) is 0 Å². The number of carboxylic acids is 1. The van der Waals surface area contributed by atoms with Crippen molar-refractivity contribution in [2.75, 3.05) is 52.9 Å². The van der Waals surface area contributed by atoms with Gasteiger partial charge in [-0.05, 0) is 26.2 Å². The Hall–Kier alpha value is -4.47. The van der Waals surface area contributed by atoms with Crippen LogP contribution in [0.1, 0.15) is 215 Å². The van der Waals surface area contributed by atoms with Crippen LogP contribution in [0.15, 0.2) is 12.2 Å². The molecule has 16 unspecified atom stereocenters. The minimum absolute atomic E-state index is 0.131. The number of aliphatic hydroxyl groups excluding tert-OH is 23. The molecule has 8 rings (SSSR count). The first kappa shape index (κ1) is 121. The predicted octanol–water partition coefficient (Wildman–Crippen LogP) is -7.18. The van der Waals surface area contributed by atoms with Gasteiger partial charge in [-0.3, -0.25) is 19.2 Å². The Labute approximate surface area is 813 Å². The summed E-state index contributed by atoms with van der Waals surface area (Å²) in [6.45, 7) is -0.104. The lowest BCUT2D eigenvalue weighted by atomic mass is 9.88. The summed E-state index contributed by atoms with van der Waals surface area (Å²) in [5.41, 5.74) is 0. The summed E-state index contributed by atoms with van der Waals surface area (Å²) in [7, 11) is 0. The van der Waals surface area contributed by atoms with E-state index in [0.29, 0.717) is 12.8 Å². The van der Waals surface area contributed by atoms with E-state index in [1.807, 2.05) is 6.08 Å². The molecule has 8 aliphatic heterocycles. The van der Waals surface area contributed by atoms with E-state index in [9.17, 15) is 147 Å². The minimum atomic E-state index is -3.06. The van der Waals surface area contributed by atoms with Crippen molar-refractivity contribution in [3.05, 3.63) is 12.2 Å². The van der Waals surface area contributed by atoms with Crippen LogP contribution in [0.3, 0.4) is 0 Å². The van der Waals surface area contributed by atoms with Crippen LogP contribution in [-0.4, -0.2) is 468 Å². The summed E-state index contributed by atoms with van der Waals surface area (Å²) in [4.78, 5) is 65.6. The fourth-order valence-corrected chi connectivity index (χ4v) is 18.6. The number of rotatable bonds is 59. The molecule has 8 fully saturated rings. The third-order valence-corrected chi connectivity index (χ3v) is 26.8. The zero-order valence-corrected chi connectivity index (χ0v) is 80.5. The van der Waals surface area contributed by atoms with Gasteiger partial charge in [-0.25, -0.2) is 4.79 Å². The zero-order valence-electron chi connectivity index (χ0n) is 80.5. The largest absolute Gasteiger partial charge is 0.477 e. The van der Waals surface area contributed by atoms with Gasteiger partial charge in [0, 0.05) is 33.6 Å². The first-order valence-electron chi connectivity index (χ1n) is 49.5. The summed E-state index contributed by atoms with van der Waals surface area (Å²) in [5.74, 6) is -8.25. The van der Waals surface area contributed by atoms with E-state index < -0.39 is 346 Å². The van der Waals surface area contributed by atoms with Gasteiger partial charge in [0.05, 0.1) is 83.3 Å². The highest BCUT2D eigenvalue weighted by Gasteiger charge is 2.62. The molecular weight excluding hydrogens is 1870 g/mol. The van der Waals surface area contributed by atoms with Crippen molar-refractivity contribution in [1.82, 2.24) is 21.3 Å². The summed E-state index contributed by atoms with van der Waals surface area (Å²) in [6.07, 6.45) is -49.1. The van der Waals surface area contributed by atoms with Crippen LogP contribution in [0.4, 0.5) is 0 Å². The molecule has 140 heavy (non-hydrogen) atoms.